The van der Waals surface area contributed by atoms with Crippen LogP contribution in [0.1, 0.15) is 23.6 Å². The maximum atomic E-state index is 14.2. The number of methoxy groups -OCH3 is 1. The fourth-order valence-electron chi connectivity index (χ4n) is 3.90. The first-order valence-corrected chi connectivity index (χ1v) is 10.1. The van der Waals surface area contributed by atoms with E-state index in [0.29, 0.717) is 25.1 Å². The standard InChI is InChI=1S/C24H22FN3O4/c1-32-19-9-8-17(14-18(19)25)22(29)20-21(16-6-3-2-4-7-16)28(24(31)23(20)30)12-5-11-27-13-10-26-15-27/h2-4,6-10,13-15,21,29H,5,11-12H2,1H3/b22-20-. The lowest BCUT2D eigenvalue weighted by molar-refractivity contribution is -0.139. The number of hydrogen-bond acceptors (Lipinski definition) is 5. The summed E-state index contributed by atoms with van der Waals surface area (Å²) in [4.78, 5) is 31.3. The van der Waals surface area contributed by atoms with Gasteiger partial charge in [0.25, 0.3) is 11.7 Å². The highest BCUT2D eigenvalue weighted by Gasteiger charge is 2.45. The largest absolute Gasteiger partial charge is 0.507 e. The number of carbonyl (C=O) groups excluding carboxylic acids is 2. The van der Waals surface area contributed by atoms with E-state index < -0.39 is 29.3 Å². The molecule has 8 heteroatoms. The van der Waals surface area contributed by atoms with Gasteiger partial charge in [-0.1, -0.05) is 30.3 Å². The van der Waals surface area contributed by atoms with Gasteiger partial charge in [0, 0.05) is 31.0 Å². The SMILES string of the molecule is COc1ccc(/C(O)=C2/C(=O)C(=O)N(CCCn3ccnc3)C2c2ccccc2)cc1F. The molecule has 3 aromatic rings. The third-order valence-corrected chi connectivity index (χ3v) is 5.46. The number of aliphatic hydroxyl groups is 1. The molecule has 7 nitrogen and oxygen atoms in total. The molecule has 2 aromatic carbocycles. The summed E-state index contributed by atoms with van der Waals surface area (Å²) in [5.41, 5.74) is 0.721. The summed E-state index contributed by atoms with van der Waals surface area (Å²) in [7, 11) is 1.34. The molecule has 1 saturated heterocycles. The van der Waals surface area contributed by atoms with Gasteiger partial charge in [0.1, 0.15) is 5.76 Å². The van der Waals surface area contributed by atoms with Gasteiger partial charge >= 0.3 is 0 Å². The Morgan fingerprint density at radius 2 is 1.94 bits per heavy atom. The van der Waals surface area contributed by atoms with Crippen molar-refractivity contribution in [3.63, 3.8) is 0 Å². The van der Waals surface area contributed by atoms with Gasteiger partial charge in [0.05, 0.1) is 25.1 Å². The molecule has 1 fully saturated rings. The van der Waals surface area contributed by atoms with Crippen molar-refractivity contribution in [1.29, 1.82) is 0 Å². The molecule has 0 radical (unpaired) electrons. The summed E-state index contributed by atoms with van der Waals surface area (Å²) in [6.45, 7) is 0.921. The Hall–Kier alpha value is -3.94. The van der Waals surface area contributed by atoms with Crippen LogP contribution in [0.4, 0.5) is 4.39 Å². The quantitative estimate of drug-likeness (QED) is 0.349. The van der Waals surface area contributed by atoms with Crippen molar-refractivity contribution in [2.75, 3.05) is 13.7 Å². The molecule has 1 aromatic heterocycles. The van der Waals surface area contributed by atoms with Gasteiger partial charge in [-0.25, -0.2) is 9.37 Å². The zero-order valence-electron chi connectivity index (χ0n) is 17.4. The molecule has 2 heterocycles. The second kappa shape index (κ2) is 9.05. The van der Waals surface area contributed by atoms with Crippen LogP contribution < -0.4 is 4.74 Å². The maximum absolute atomic E-state index is 14.2. The number of amides is 1. The number of likely N-dealkylation sites (tertiary alicyclic amines) is 1. The number of aromatic nitrogens is 2. The minimum atomic E-state index is -0.796. The third kappa shape index (κ3) is 3.99. The molecule has 164 valence electrons. The summed E-state index contributed by atoms with van der Waals surface area (Å²) in [6.07, 6.45) is 5.76. The van der Waals surface area contributed by atoms with Crippen LogP contribution in [0, 0.1) is 5.82 Å². The number of carbonyl (C=O) groups is 2. The van der Waals surface area contributed by atoms with E-state index in [1.165, 1.54) is 24.1 Å². The highest BCUT2D eigenvalue weighted by atomic mass is 19.1. The Balaban J connectivity index is 1.72. The van der Waals surface area contributed by atoms with E-state index in [-0.39, 0.29) is 16.9 Å². The summed E-state index contributed by atoms with van der Waals surface area (Å²) in [5, 5.41) is 11.0. The number of aryl methyl sites for hydroxylation is 1. The molecular formula is C24H22FN3O4. The lowest BCUT2D eigenvalue weighted by Crippen LogP contribution is -2.31. The second-order valence-electron chi connectivity index (χ2n) is 7.41. The first-order chi connectivity index (χ1) is 15.5. The Labute approximate surface area is 184 Å². The Kier molecular flexibility index (Phi) is 6.02. The van der Waals surface area contributed by atoms with Crippen molar-refractivity contribution < 1.29 is 23.8 Å². The molecule has 0 spiro atoms. The number of ketones is 1. The molecule has 32 heavy (non-hydrogen) atoms. The van der Waals surface area contributed by atoms with Crippen LogP contribution in [-0.2, 0) is 16.1 Å². The van der Waals surface area contributed by atoms with Crippen molar-refractivity contribution in [3.05, 3.63) is 89.8 Å². The number of hydrogen-bond donors (Lipinski definition) is 1. The minimum absolute atomic E-state index is 0.0149. The number of Topliss-reactive ketones (excluding diaryl/α,β-unsaturated/α-hetero) is 1. The number of halogens is 1. The molecule has 1 N–H and O–H groups in total. The zero-order valence-corrected chi connectivity index (χ0v) is 17.4. The molecule has 1 unspecified atom stereocenters. The molecule has 0 aliphatic carbocycles. The second-order valence-corrected chi connectivity index (χ2v) is 7.41. The van der Waals surface area contributed by atoms with Crippen molar-refractivity contribution in [1.82, 2.24) is 14.5 Å². The maximum Gasteiger partial charge on any atom is 0.295 e. The van der Waals surface area contributed by atoms with Crippen LogP contribution in [0.2, 0.25) is 0 Å². The molecule has 1 amide bonds. The van der Waals surface area contributed by atoms with Gasteiger partial charge in [-0.05, 0) is 30.2 Å². The lowest BCUT2D eigenvalue weighted by atomic mass is 9.95. The number of aliphatic hydroxyl groups excluding tert-OH is 1. The van der Waals surface area contributed by atoms with Gasteiger partial charge in [0.15, 0.2) is 11.6 Å². The first-order valence-electron chi connectivity index (χ1n) is 10.1. The minimum Gasteiger partial charge on any atom is -0.507 e. The molecular weight excluding hydrogens is 413 g/mol. The van der Waals surface area contributed by atoms with Crippen LogP contribution in [0.25, 0.3) is 5.76 Å². The highest BCUT2D eigenvalue weighted by Crippen LogP contribution is 2.39. The van der Waals surface area contributed by atoms with Crippen LogP contribution in [0.5, 0.6) is 5.75 Å². The number of nitrogens with zero attached hydrogens (tertiary/aromatic N) is 3. The van der Waals surface area contributed by atoms with Crippen LogP contribution in [-0.4, -0.2) is 44.9 Å². The van der Waals surface area contributed by atoms with Crippen molar-refractivity contribution in [3.8, 4) is 5.75 Å². The van der Waals surface area contributed by atoms with Crippen molar-refractivity contribution in [2.24, 2.45) is 0 Å². The predicted octanol–water partition coefficient (Wildman–Crippen LogP) is 3.54. The zero-order chi connectivity index (χ0) is 22.7. The number of rotatable bonds is 7. The topological polar surface area (TPSA) is 84.7 Å². The van der Waals surface area contributed by atoms with E-state index in [4.69, 9.17) is 4.74 Å². The molecule has 1 aliphatic heterocycles. The smallest absolute Gasteiger partial charge is 0.295 e. The monoisotopic (exact) mass is 435 g/mol. The van der Waals surface area contributed by atoms with Crippen LogP contribution >= 0.6 is 0 Å². The Bertz CT molecular complexity index is 1160. The average molecular weight is 435 g/mol. The average Bonchev–Trinajstić information content (AvgIpc) is 3.41. The van der Waals surface area contributed by atoms with Gasteiger partial charge in [0.2, 0.25) is 0 Å². The summed E-state index contributed by atoms with van der Waals surface area (Å²) in [5.74, 6) is -2.57. The van der Waals surface area contributed by atoms with E-state index in [0.717, 1.165) is 6.07 Å². The van der Waals surface area contributed by atoms with Crippen molar-refractivity contribution >= 4 is 17.4 Å². The summed E-state index contributed by atoms with van der Waals surface area (Å²) >= 11 is 0. The molecule has 0 bridgehead atoms. The van der Waals surface area contributed by atoms with E-state index in [1.54, 1.807) is 36.8 Å². The van der Waals surface area contributed by atoms with Crippen LogP contribution in [0.3, 0.4) is 0 Å². The number of benzene rings is 2. The summed E-state index contributed by atoms with van der Waals surface area (Å²) in [6, 6.07) is 12.1. The van der Waals surface area contributed by atoms with E-state index >= 15 is 0 Å². The highest BCUT2D eigenvalue weighted by molar-refractivity contribution is 6.46. The third-order valence-electron chi connectivity index (χ3n) is 5.46. The normalized spacial score (nSPS) is 17.7. The van der Waals surface area contributed by atoms with E-state index in [9.17, 15) is 19.1 Å². The van der Waals surface area contributed by atoms with E-state index in [2.05, 4.69) is 4.98 Å². The van der Waals surface area contributed by atoms with Gasteiger partial charge in [-0.3, -0.25) is 9.59 Å². The molecule has 0 saturated carbocycles. The van der Waals surface area contributed by atoms with Gasteiger partial charge < -0.3 is 19.3 Å². The summed E-state index contributed by atoms with van der Waals surface area (Å²) < 4.78 is 21.0. The first kappa shape index (κ1) is 21.3. The molecule has 4 rings (SSSR count). The fraction of sp³-hybridized carbons (Fsp3) is 0.208. The lowest BCUT2D eigenvalue weighted by Gasteiger charge is -2.25. The number of ether oxygens (including phenoxy) is 1. The Morgan fingerprint density at radius 1 is 1.16 bits per heavy atom. The molecule has 1 aliphatic rings. The Morgan fingerprint density at radius 3 is 2.59 bits per heavy atom. The number of imidazole rings is 1. The van der Waals surface area contributed by atoms with Crippen molar-refractivity contribution in [2.45, 2.75) is 19.0 Å². The van der Waals surface area contributed by atoms with Gasteiger partial charge in [-0.2, -0.15) is 0 Å². The van der Waals surface area contributed by atoms with E-state index in [1.807, 2.05) is 16.8 Å². The molecule has 1 atom stereocenters. The van der Waals surface area contributed by atoms with Gasteiger partial charge in [-0.15, -0.1) is 0 Å². The predicted molar refractivity (Wildman–Crippen MR) is 115 cm³/mol. The van der Waals surface area contributed by atoms with Crippen LogP contribution in [0.15, 0.2) is 72.8 Å². The fourth-order valence-corrected chi connectivity index (χ4v) is 3.90.